The van der Waals surface area contributed by atoms with Crippen molar-refractivity contribution in [2.75, 3.05) is 21.3 Å². The third-order valence-electron chi connectivity index (χ3n) is 6.05. The van der Waals surface area contributed by atoms with Crippen molar-refractivity contribution >= 4 is 45.2 Å². The van der Waals surface area contributed by atoms with Crippen LogP contribution >= 0.6 is 0 Å². The van der Waals surface area contributed by atoms with E-state index >= 15 is 0 Å². The molecule has 0 aliphatic carbocycles. The Labute approximate surface area is 208 Å². The van der Waals surface area contributed by atoms with Crippen LogP contribution in [-0.4, -0.2) is 15.0 Å². The lowest BCUT2D eigenvalue weighted by Gasteiger charge is -2.14. The predicted octanol–water partition coefficient (Wildman–Crippen LogP) is 6.23. The van der Waals surface area contributed by atoms with E-state index in [1.165, 1.54) is 0 Å². The Morgan fingerprint density at radius 1 is 0.806 bits per heavy atom. The third-order valence-corrected chi connectivity index (χ3v) is 6.05. The number of rotatable bonds is 5. The summed E-state index contributed by atoms with van der Waals surface area (Å²) in [6.07, 6.45) is 5.28. The Hall–Kier alpha value is -5.16. The van der Waals surface area contributed by atoms with Gasteiger partial charge in [-0.2, -0.15) is 5.26 Å². The second-order valence-electron chi connectivity index (χ2n) is 8.60. The van der Waals surface area contributed by atoms with Crippen LogP contribution < -0.4 is 21.3 Å². The summed E-state index contributed by atoms with van der Waals surface area (Å²) in [5.41, 5.74) is 8.15. The minimum atomic E-state index is -0.0834. The molecule has 1 aliphatic rings. The summed E-state index contributed by atoms with van der Waals surface area (Å²) in [4.78, 5) is 13.2. The number of fused-ring (bicyclic) bond motifs is 2. The van der Waals surface area contributed by atoms with Gasteiger partial charge in [0.25, 0.3) is 0 Å². The molecule has 1 aliphatic heterocycles. The monoisotopic (exact) mass is 470 g/mol. The van der Waals surface area contributed by atoms with Gasteiger partial charge in [-0.15, -0.1) is 0 Å². The fourth-order valence-corrected chi connectivity index (χ4v) is 4.28. The van der Waals surface area contributed by atoms with Crippen LogP contribution in [0.2, 0.25) is 0 Å². The zero-order valence-corrected chi connectivity index (χ0v) is 19.4. The Balaban J connectivity index is 1.17. The molecule has 0 saturated carbocycles. The van der Waals surface area contributed by atoms with E-state index in [9.17, 15) is 5.26 Å². The van der Waals surface area contributed by atoms with Gasteiger partial charge in [0.15, 0.2) is 5.82 Å². The molecule has 0 amide bonds. The van der Waals surface area contributed by atoms with E-state index in [0.717, 1.165) is 56.4 Å². The lowest BCUT2D eigenvalue weighted by molar-refractivity contribution is 0.937. The standard InChI is InChI=1S/C28H22N8/c1-17-12-21(8-10-30-17)33-22-14-26-28(32-16-22)36-27(35-26)19-3-5-20(6-4-19)34-25-9-11-31-24-7-2-18(15-29)13-23(24)25/h2-14,16,27,35H,1H3,(H,30,33)(H,31,34)(H,32,36). The summed E-state index contributed by atoms with van der Waals surface area (Å²) < 4.78 is 0. The van der Waals surface area contributed by atoms with Gasteiger partial charge in [-0.05, 0) is 67.1 Å². The fourth-order valence-electron chi connectivity index (χ4n) is 4.28. The van der Waals surface area contributed by atoms with Gasteiger partial charge < -0.3 is 21.3 Å². The lowest BCUT2D eigenvalue weighted by Crippen LogP contribution is -2.12. The Kier molecular flexibility index (Phi) is 5.28. The van der Waals surface area contributed by atoms with Gasteiger partial charge in [-0.1, -0.05) is 12.1 Å². The van der Waals surface area contributed by atoms with Gasteiger partial charge in [-0.3, -0.25) is 9.97 Å². The van der Waals surface area contributed by atoms with Crippen molar-refractivity contribution in [3.05, 3.63) is 102 Å². The molecule has 4 N–H and O–H groups in total. The highest BCUT2D eigenvalue weighted by Gasteiger charge is 2.22. The second-order valence-corrected chi connectivity index (χ2v) is 8.60. The molecule has 5 aromatic rings. The van der Waals surface area contributed by atoms with E-state index in [1.54, 1.807) is 18.5 Å². The van der Waals surface area contributed by atoms with Gasteiger partial charge in [0.2, 0.25) is 0 Å². The van der Waals surface area contributed by atoms with Crippen molar-refractivity contribution in [1.29, 1.82) is 5.26 Å². The molecular formula is C28H22N8. The molecule has 6 rings (SSSR count). The van der Waals surface area contributed by atoms with Crippen LogP contribution in [0.5, 0.6) is 0 Å². The zero-order valence-electron chi connectivity index (χ0n) is 19.4. The average molecular weight is 471 g/mol. The summed E-state index contributed by atoms with van der Waals surface area (Å²) in [6.45, 7) is 1.97. The number of hydrogen-bond acceptors (Lipinski definition) is 8. The van der Waals surface area contributed by atoms with Crippen molar-refractivity contribution in [2.24, 2.45) is 0 Å². The predicted molar refractivity (Wildman–Crippen MR) is 143 cm³/mol. The van der Waals surface area contributed by atoms with Crippen LogP contribution in [-0.2, 0) is 0 Å². The fraction of sp³-hybridized carbons (Fsp3) is 0.0714. The quantitative estimate of drug-likeness (QED) is 0.239. The highest BCUT2D eigenvalue weighted by Crippen LogP contribution is 2.36. The van der Waals surface area contributed by atoms with Gasteiger partial charge in [-0.25, -0.2) is 4.98 Å². The van der Waals surface area contributed by atoms with Crippen LogP contribution in [0.25, 0.3) is 10.9 Å². The molecule has 1 atom stereocenters. The number of anilines is 6. The maximum absolute atomic E-state index is 9.26. The van der Waals surface area contributed by atoms with Crippen LogP contribution in [0.3, 0.4) is 0 Å². The maximum Gasteiger partial charge on any atom is 0.151 e. The summed E-state index contributed by atoms with van der Waals surface area (Å²) in [6, 6.07) is 23.8. The first-order chi connectivity index (χ1) is 17.6. The lowest BCUT2D eigenvalue weighted by atomic mass is 10.1. The molecule has 36 heavy (non-hydrogen) atoms. The Bertz CT molecular complexity index is 1620. The molecule has 8 heteroatoms. The van der Waals surface area contributed by atoms with E-state index in [-0.39, 0.29) is 6.17 Å². The smallest absolute Gasteiger partial charge is 0.151 e. The first-order valence-corrected chi connectivity index (χ1v) is 11.5. The van der Waals surface area contributed by atoms with Crippen molar-refractivity contribution in [2.45, 2.75) is 13.1 Å². The molecule has 4 heterocycles. The third kappa shape index (κ3) is 4.21. The molecule has 0 saturated heterocycles. The van der Waals surface area contributed by atoms with E-state index in [2.05, 4.69) is 54.4 Å². The minimum Gasteiger partial charge on any atom is -0.359 e. The van der Waals surface area contributed by atoms with Gasteiger partial charge in [0, 0.05) is 40.5 Å². The molecule has 0 radical (unpaired) electrons. The first-order valence-electron chi connectivity index (χ1n) is 11.5. The van der Waals surface area contributed by atoms with Gasteiger partial charge in [0.1, 0.15) is 6.17 Å². The average Bonchev–Trinajstić information content (AvgIpc) is 3.33. The highest BCUT2D eigenvalue weighted by molar-refractivity contribution is 5.93. The minimum absolute atomic E-state index is 0.0834. The molecular weight excluding hydrogens is 448 g/mol. The molecule has 1 unspecified atom stereocenters. The summed E-state index contributed by atoms with van der Waals surface area (Å²) in [5.74, 6) is 0.815. The number of nitriles is 1. The number of hydrogen-bond donors (Lipinski definition) is 4. The summed E-state index contributed by atoms with van der Waals surface area (Å²) in [7, 11) is 0. The molecule has 2 aromatic carbocycles. The largest absolute Gasteiger partial charge is 0.359 e. The zero-order chi connectivity index (χ0) is 24.5. The molecule has 174 valence electrons. The van der Waals surface area contributed by atoms with Gasteiger partial charge >= 0.3 is 0 Å². The van der Waals surface area contributed by atoms with E-state index in [1.807, 2.05) is 61.7 Å². The number of aryl methyl sites for hydroxylation is 1. The summed E-state index contributed by atoms with van der Waals surface area (Å²) >= 11 is 0. The molecule has 0 spiro atoms. The molecule has 0 fully saturated rings. The van der Waals surface area contributed by atoms with Crippen LogP contribution in [0.1, 0.15) is 23.0 Å². The number of benzene rings is 2. The van der Waals surface area contributed by atoms with Crippen LogP contribution in [0, 0.1) is 18.3 Å². The number of pyridine rings is 3. The Morgan fingerprint density at radius 2 is 1.67 bits per heavy atom. The van der Waals surface area contributed by atoms with Crippen molar-refractivity contribution in [3.8, 4) is 6.07 Å². The summed E-state index contributed by atoms with van der Waals surface area (Å²) in [5, 5.41) is 23.9. The van der Waals surface area contributed by atoms with E-state index in [0.29, 0.717) is 5.56 Å². The van der Waals surface area contributed by atoms with E-state index in [4.69, 9.17) is 0 Å². The van der Waals surface area contributed by atoms with Crippen molar-refractivity contribution in [3.63, 3.8) is 0 Å². The SMILES string of the molecule is Cc1cc(Nc2cnc3c(c2)NC(c2ccc(Nc4ccnc5ccc(C#N)cc45)cc2)N3)ccn1. The first kappa shape index (κ1) is 21.4. The topological polar surface area (TPSA) is 111 Å². The maximum atomic E-state index is 9.26. The van der Waals surface area contributed by atoms with Crippen molar-refractivity contribution in [1.82, 2.24) is 15.0 Å². The van der Waals surface area contributed by atoms with Gasteiger partial charge in [0.05, 0.1) is 34.7 Å². The molecule has 8 nitrogen and oxygen atoms in total. The Morgan fingerprint density at radius 3 is 2.50 bits per heavy atom. The van der Waals surface area contributed by atoms with Crippen LogP contribution in [0.4, 0.5) is 34.3 Å². The highest BCUT2D eigenvalue weighted by atomic mass is 15.2. The number of nitrogens with one attached hydrogen (secondary N) is 4. The van der Waals surface area contributed by atoms with E-state index < -0.39 is 0 Å². The van der Waals surface area contributed by atoms with Crippen LogP contribution in [0.15, 0.2) is 85.3 Å². The molecule has 3 aromatic heterocycles. The molecule has 0 bridgehead atoms. The second kappa shape index (κ2) is 8.89. The number of nitrogens with zero attached hydrogens (tertiary/aromatic N) is 4. The normalized spacial score (nSPS) is 13.8. The van der Waals surface area contributed by atoms with Crippen molar-refractivity contribution < 1.29 is 0 Å². The number of aromatic nitrogens is 3.